The van der Waals surface area contributed by atoms with Gasteiger partial charge in [-0.25, -0.2) is 4.79 Å². The molecule has 0 radical (unpaired) electrons. The number of nitrogens with one attached hydrogen (secondary N) is 2. The van der Waals surface area contributed by atoms with Crippen molar-refractivity contribution in [3.8, 4) is 0 Å². The number of urea groups is 1. The van der Waals surface area contributed by atoms with Gasteiger partial charge in [0.25, 0.3) is 0 Å². The summed E-state index contributed by atoms with van der Waals surface area (Å²) in [6.07, 6.45) is 1.84. The molecule has 3 heteroatoms. The van der Waals surface area contributed by atoms with Gasteiger partial charge in [0.1, 0.15) is 0 Å². The van der Waals surface area contributed by atoms with Crippen molar-refractivity contribution < 1.29 is 4.79 Å². The fourth-order valence-corrected chi connectivity index (χ4v) is 1.85. The van der Waals surface area contributed by atoms with Crippen molar-refractivity contribution in [2.45, 2.75) is 46.6 Å². The molecule has 2 N–H and O–H groups in total. The lowest BCUT2D eigenvalue weighted by Gasteiger charge is -2.19. The molecule has 3 nitrogen and oxygen atoms in total. The van der Waals surface area contributed by atoms with Gasteiger partial charge in [0.05, 0.1) is 6.04 Å². The van der Waals surface area contributed by atoms with Gasteiger partial charge in [0.15, 0.2) is 0 Å². The summed E-state index contributed by atoms with van der Waals surface area (Å²) in [4.78, 5) is 11.7. The number of hydrogen-bond acceptors (Lipinski definition) is 1. The number of amides is 2. The van der Waals surface area contributed by atoms with Crippen LogP contribution in [0.15, 0.2) is 18.2 Å². The van der Waals surface area contributed by atoms with Crippen LogP contribution in [0.1, 0.15) is 49.4 Å². The summed E-state index contributed by atoms with van der Waals surface area (Å²) < 4.78 is 0. The summed E-state index contributed by atoms with van der Waals surface area (Å²) in [6, 6.07) is 6.36. The molecule has 18 heavy (non-hydrogen) atoms. The van der Waals surface area contributed by atoms with Crippen LogP contribution in [0.3, 0.4) is 0 Å². The maximum absolute atomic E-state index is 11.7. The van der Waals surface area contributed by atoms with E-state index in [1.165, 1.54) is 16.7 Å². The van der Waals surface area contributed by atoms with E-state index in [-0.39, 0.29) is 12.1 Å². The second-order valence-electron chi connectivity index (χ2n) is 4.70. The third kappa shape index (κ3) is 4.06. The topological polar surface area (TPSA) is 41.1 Å². The molecule has 0 saturated heterocycles. The molecule has 1 atom stereocenters. The number of rotatable bonds is 5. The Morgan fingerprint density at radius 3 is 2.50 bits per heavy atom. The highest BCUT2D eigenvalue weighted by Gasteiger charge is 2.12. The third-order valence-electron chi connectivity index (χ3n) is 3.18. The van der Waals surface area contributed by atoms with E-state index in [2.05, 4.69) is 49.6 Å². The molecule has 0 saturated carbocycles. The van der Waals surface area contributed by atoms with Gasteiger partial charge in [-0.3, -0.25) is 0 Å². The largest absolute Gasteiger partial charge is 0.338 e. The lowest BCUT2D eigenvalue weighted by Crippen LogP contribution is -2.38. The van der Waals surface area contributed by atoms with Gasteiger partial charge in [-0.1, -0.05) is 32.0 Å². The summed E-state index contributed by atoms with van der Waals surface area (Å²) in [7, 11) is 0. The van der Waals surface area contributed by atoms with Crippen LogP contribution in [-0.4, -0.2) is 12.6 Å². The van der Waals surface area contributed by atoms with Crippen molar-refractivity contribution >= 4 is 6.03 Å². The molecule has 0 aliphatic heterocycles. The summed E-state index contributed by atoms with van der Waals surface area (Å²) in [5, 5.41) is 5.86. The van der Waals surface area contributed by atoms with Gasteiger partial charge >= 0.3 is 6.03 Å². The molecule has 0 aliphatic rings. The summed E-state index contributed by atoms with van der Waals surface area (Å²) >= 11 is 0. The Hall–Kier alpha value is -1.51. The minimum Gasteiger partial charge on any atom is -0.338 e. The number of aryl methyl sites for hydroxylation is 2. The minimum absolute atomic E-state index is 0.0815. The Morgan fingerprint density at radius 2 is 1.94 bits per heavy atom. The zero-order valence-electron chi connectivity index (χ0n) is 11.8. The van der Waals surface area contributed by atoms with Gasteiger partial charge in [-0.2, -0.15) is 0 Å². The second kappa shape index (κ2) is 7.04. The van der Waals surface area contributed by atoms with E-state index < -0.39 is 0 Å². The first-order chi connectivity index (χ1) is 8.58. The van der Waals surface area contributed by atoms with Crippen LogP contribution in [0.2, 0.25) is 0 Å². The standard InChI is InChI=1S/C15H24N2O/c1-5-9-16-15(18)17-14(6-2)13-8-7-11(3)12(4)10-13/h7-8,10,14H,5-6,9H2,1-4H3,(H2,16,17,18). The number of benzene rings is 1. The highest BCUT2D eigenvalue weighted by molar-refractivity contribution is 5.74. The van der Waals surface area contributed by atoms with Crippen molar-refractivity contribution in [2.75, 3.05) is 6.54 Å². The number of carbonyl (C=O) groups excluding carboxylic acids is 1. The minimum atomic E-state index is -0.0815. The predicted molar refractivity (Wildman–Crippen MR) is 75.8 cm³/mol. The van der Waals surface area contributed by atoms with Crippen molar-refractivity contribution in [2.24, 2.45) is 0 Å². The molecule has 1 aromatic rings. The van der Waals surface area contributed by atoms with Crippen LogP contribution < -0.4 is 10.6 Å². The molecule has 0 bridgehead atoms. The van der Waals surface area contributed by atoms with Crippen molar-refractivity contribution in [3.63, 3.8) is 0 Å². The molecule has 0 fully saturated rings. The van der Waals surface area contributed by atoms with Gasteiger partial charge in [-0.05, 0) is 43.4 Å². The van der Waals surface area contributed by atoms with Crippen LogP contribution in [0.5, 0.6) is 0 Å². The highest BCUT2D eigenvalue weighted by Crippen LogP contribution is 2.19. The maximum Gasteiger partial charge on any atom is 0.315 e. The van der Waals surface area contributed by atoms with Gasteiger partial charge in [0.2, 0.25) is 0 Å². The van der Waals surface area contributed by atoms with E-state index >= 15 is 0 Å². The van der Waals surface area contributed by atoms with Gasteiger partial charge in [0, 0.05) is 6.54 Å². The highest BCUT2D eigenvalue weighted by atomic mass is 16.2. The third-order valence-corrected chi connectivity index (χ3v) is 3.18. The van der Waals surface area contributed by atoms with Crippen LogP contribution in [0, 0.1) is 13.8 Å². The summed E-state index contributed by atoms with van der Waals surface area (Å²) in [5.74, 6) is 0. The zero-order valence-corrected chi connectivity index (χ0v) is 11.8. The Balaban J connectivity index is 2.70. The van der Waals surface area contributed by atoms with E-state index in [4.69, 9.17) is 0 Å². The molecule has 1 rings (SSSR count). The fourth-order valence-electron chi connectivity index (χ4n) is 1.85. The molecular formula is C15H24N2O. The van der Waals surface area contributed by atoms with E-state index in [0.29, 0.717) is 0 Å². The van der Waals surface area contributed by atoms with Gasteiger partial charge in [-0.15, -0.1) is 0 Å². The first kappa shape index (κ1) is 14.6. The fraction of sp³-hybridized carbons (Fsp3) is 0.533. The quantitative estimate of drug-likeness (QED) is 0.823. The average molecular weight is 248 g/mol. The van der Waals surface area contributed by atoms with E-state index in [9.17, 15) is 4.79 Å². The Morgan fingerprint density at radius 1 is 1.22 bits per heavy atom. The van der Waals surface area contributed by atoms with Crippen molar-refractivity contribution in [1.29, 1.82) is 0 Å². The molecule has 0 heterocycles. The predicted octanol–water partition coefficient (Wildman–Crippen LogP) is 3.46. The monoisotopic (exact) mass is 248 g/mol. The normalized spacial score (nSPS) is 12.0. The molecule has 0 aliphatic carbocycles. The Bertz CT molecular complexity index is 401. The Labute approximate surface area is 110 Å². The summed E-state index contributed by atoms with van der Waals surface area (Å²) in [5.41, 5.74) is 3.72. The van der Waals surface area contributed by atoms with Crippen LogP contribution in [0.4, 0.5) is 4.79 Å². The van der Waals surface area contributed by atoms with Crippen molar-refractivity contribution in [3.05, 3.63) is 34.9 Å². The van der Waals surface area contributed by atoms with E-state index in [1.807, 2.05) is 6.92 Å². The first-order valence-corrected chi connectivity index (χ1v) is 6.70. The molecule has 2 amide bonds. The number of hydrogen-bond donors (Lipinski definition) is 2. The Kier molecular flexibility index (Phi) is 5.69. The first-order valence-electron chi connectivity index (χ1n) is 6.70. The van der Waals surface area contributed by atoms with E-state index in [0.717, 1.165) is 19.4 Å². The molecule has 0 aromatic heterocycles. The average Bonchev–Trinajstić information content (AvgIpc) is 2.37. The molecule has 0 spiro atoms. The smallest absolute Gasteiger partial charge is 0.315 e. The molecular weight excluding hydrogens is 224 g/mol. The summed E-state index contributed by atoms with van der Waals surface area (Å²) in [6.45, 7) is 9.04. The van der Waals surface area contributed by atoms with Crippen LogP contribution in [-0.2, 0) is 0 Å². The molecule has 100 valence electrons. The maximum atomic E-state index is 11.7. The molecule has 1 unspecified atom stereocenters. The lowest BCUT2D eigenvalue weighted by molar-refractivity contribution is 0.236. The zero-order chi connectivity index (χ0) is 13.5. The van der Waals surface area contributed by atoms with Crippen LogP contribution >= 0.6 is 0 Å². The SMILES string of the molecule is CCCNC(=O)NC(CC)c1ccc(C)c(C)c1. The van der Waals surface area contributed by atoms with Crippen molar-refractivity contribution in [1.82, 2.24) is 10.6 Å². The second-order valence-corrected chi connectivity index (χ2v) is 4.70. The van der Waals surface area contributed by atoms with E-state index in [1.54, 1.807) is 0 Å². The van der Waals surface area contributed by atoms with Gasteiger partial charge < -0.3 is 10.6 Å². The number of carbonyl (C=O) groups is 1. The lowest BCUT2D eigenvalue weighted by atomic mass is 9.99. The van der Waals surface area contributed by atoms with Crippen LogP contribution in [0.25, 0.3) is 0 Å². The molecule has 1 aromatic carbocycles.